The van der Waals surface area contributed by atoms with E-state index in [1.54, 1.807) is 0 Å². The van der Waals surface area contributed by atoms with E-state index in [0.717, 1.165) is 37.4 Å². The van der Waals surface area contributed by atoms with Gasteiger partial charge >= 0.3 is 5.97 Å². The Morgan fingerprint density at radius 2 is 2.16 bits per heavy atom. The Morgan fingerprint density at radius 1 is 1.32 bits per heavy atom. The molecule has 0 aliphatic carbocycles. The van der Waals surface area contributed by atoms with E-state index in [1.165, 1.54) is 0 Å². The van der Waals surface area contributed by atoms with Crippen LogP contribution in [0.25, 0.3) is 0 Å². The molecule has 0 radical (unpaired) electrons. The van der Waals surface area contributed by atoms with Crippen molar-refractivity contribution in [2.24, 2.45) is 0 Å². The van der Waals surface area contributed by atoms with Gasteiger partial charge in [0.1, 0.15) is 0 Å². The van der Waals surface area contributed by atoms with Crippen molar-refractivity contribution in [2.75, 3.05) is 24.7 Å². The van der Waals surface area contributed by atoms with Gasteiger partial charge in [0.05, 0.1) is 12.5 Å². The lowest BCUT2D eigenvalue weighted by atomic mass is 10.1. The number of carbonyl (C=O) groups is 2. The van der Waals surface area contributed by atoms with Crippen molar-refractivity contribution >= 4 is 23.6 Å². The summed E-state index contributed by atoms with van der Waals surface area (Å²) in [6.07, 6.45) is 3.23. The lowest BCUT2D eigenvalue weighted by molar-refractivity contribution is -0.142. The van der Waals surface area contributed by atoms with Gasteiger partial charge in [0.2, 0.25) is 5.91 Å². The molecule has 2 rings (SSSR count). The van der Waals surface area contributed by atoms with Crippen LogP contribution >= 0.6 is 11.8 Å². The van der Waals surface area contributed by atoms with E-state index in [4.69, 9.17) is 9.84 Å². The number of hydrogen-bond donors (Lipinski definition) is 1. The highest BCUT2D eigenvalue weighted by Crippen LogP contribution is 2.25. The van der Waals surface area contributed by atoms with Crippen molar-refractivity contribution in [1.82, 2.24) is 4.90 Å². The third-order valence-corrected chi connectivity index (χ3v) is 4.79. The molecule has 108 valence electrons. The molecule has 0 aromatic rings. The Bertz CT molecular complexity index is 325. The largest absolute Gasteiger partial charge is 0.481 e. The molecule has 0 aromatic carbocycles. The second-order valence-electron chi connectivity index (χ2n) is 5.09. The number of nitrogens with zero attached hydrogens (tertiary/aromatic N) is 1. The van der Waals surface area contributed by atoms with E-state index < -0.39 is 5.97 Å². The number of amides is 1. The number of carboxylic acids is 1. The highest BCUT2D eigenvalue weighted by atomic mass is 32.2. The molecule has 1 amide bonds. The van der Waals surface area contributed by atoms with Crippen LogP contribution in [0.2, 0.25) is 0 Å². The Morgan fingerprint density at radius 3 is 2.74 bits per heavy atom. The van der Waals surface area contributed by atoms with E-state index >= 15 is 0 Å². The minimum absolute atomic E-state index is 0.0367. The van der Waals surface area contributed by atoms with Crippen LogP contribution in [0.1, 0.15) is 32.1 Å². The second kappa shape index (κ2) is 7.14. The van der Waals surface area contributed by atoms with Gasteiger partial charge in [-0.3, -0.25) is 9.59 Å². The third-order valence-electron chi connectivity index (χ3n) is 3.64. The Balaban J connectivity index is 1.91. The van der Waals surface area contributed by atoms with Gasteiger partial charge in [-0.05, 0) is 25.0 Å². The van der Waals surface area contributed by atoms with Crippen molar-refractivity contribution in [3.05, 3.63) is 0 Å². The summed E-state index contributed by atoms with van der Waals surface area (Å²) in [6, 6.07) is 0.260. The summed E-state index contributed by atoms with van der Waals surface area (Å²) in [4.78, 5) is 24.7. The summed E-state index contributed by atoms with van der Waals surface area (Å²) >= 11 is 1.86. The summed E-state index contributed by atoms with van der Waals surface area (Å²) < 4.78 is 5.60. The van der Waals surface area contributed by atoms with Gasteiger partial charge in [0, 0.05) is 31.4 Å². The average Bonchev–Trinajstić information content (AvgIpc) is 3.05. The molecule has 2 aliphatic rings. The predicted octanol–water partition coefficient (Wildman–Crippen LogP) is 1.36. The number of carbonyl (C=O) groups excluding carboxylic acids is 1. The van der Waals surface area contributed by atoms with Gasteiger partial charge in [0.25, 0.3) is 0 Å². The predicted molar refractivity (Wildman–Crippen MR) is 73.3 cm³/mol. The maximum atomic E-state index is 12.2. The van der Waals surface area contributed by atoms with Crippen LogP contribution in [-0.2, 0) is 14.3 Å². The number of hydrogen-bond acceptors (Lipinski definition) is 4. The Labute approximate surface area is 117 Å². The topological polar surface area (TPSA) is 66.8 Å². The highest BCUT2D eigenvalue weighted by Gasteiger charge is 2.30. The van der Waals surface area contributed by atoms with Gasteiger partial charge in [-0.25, -0.2) is 0 Å². The highest BCUT2D eigenvalue weighted by molar-refractivity contribution is 7.99. The van der Waals surface area contributed by atoms with Crippen LogP contribution in [0.5, 0.6) is 0 Å². The minimum atomic E-state index is -0.911. The van der Waals surface area contributed by atoms with Crippen molar-refractivity contribution in [3.8, 4) is 0 Å². The van der Waals surface area contributed by atoms with Gasteiger partial charge in [-0.15, -0.1) is 0 Å². The average molecular weight is 287 g/mol. The molecule has 0 saturated carbocycles. The summed E-state index contributed by atoms with van der Waals surface area (Å²) in [5.74, 6) is 1.10. The first-order valence-electron chi connectivity index (χ1n) is 6.87. The summed E-state index contributed by atoms with van der Waals surface area (Å²) in [7, 11) is 0. The van der Waals surface area contributed by atoms with Crippen molar-refractivity contribution in [1.29, 1.82) is 0 Å². The lowest BCUT2D eigenvalue weighted by Gasteiger charge is -2.30. The molecule has 0 aromatic heterocycles. The first kappa shape index (κ1) is 14.7. The van der Waals surface area contributed by atoms with E-state index in [2.05, 4.69) is 0 Å². The molecule has 2 fully saturated rings. The molecule has 2 atom stereocenters. The molecule has 1 N–H and O–H groups in total. The van der Waals surface area contributed by atoms with Crippen LogP contribution in [0, 0.1) is 0 Å². The molecule has 2 aliphatic heterocycles. The zero-order valence-electron chi connectivity index (χ0n) is 11.0. The lowest BCUT2D eigenvalue weighted by Crippen LogP contribution is -2.44. The minimum Gasteiger partial charge on any atom is -0.481 e. The smallest absolute Gasteiger partial charge is 0.303 e. The van der Waals surface area contributed by atoms with Gasteiger partial charge in [-0.2, -0.15) is 11.8 Å². The van der Waals surface area contributed by atoms with Crippen molar-refractivity contribution in [2.45, 2.75) is 44.2 Å². The van der Waals surface area contributed by atoms with E-state index in [9.17, 15) is 9.59 Å². The molecule has 0 spiro atoms. The third kappa shape index (κ3) is 4.38. The maximum absolute atomic E-state index is 12.2. The Hall–Kier alpha value is -0.750. The molecule has 19 heavy (non-hydrogen) atoms. The second-order valence-corrected chi connectivity index (χ2v) is 6.24. The number of thioether (sulfide) groups is 1. The zero-order chi connectivity index (χ0) is 13.7. The van der Waals surface area contributed by atoms with Gasteiger partial charge < -0.3 is 14.7 Å². The first-order valence-corrected chi connectivity index (χ1v) is 8.03. The number of aliphatic carboxylic acids is 1. The molecular weight excluding hydrogens is 266 g/mol. The fourth-order valence-electron chi connectivity index (χ4n) is 2.59. The maximum Gasteiger partial charge on any atom is 0.303 e. The van der Waals surface area contributed by atoms with Gasteiger partial charge in [-0.1, -0.05) is 0 Å². The molecule has 6 heteroatoms. The standard InChI is InChI=1S/C13H21NO4S/c15-12(3-4-13(16)17)14(10-5-7-19-9-10)8-11-2-1-6-18-11/h10-11H,1-9H2,(H,16,17). The summed E-state index contributed by atoms with van der Waals surface area (Å²) in [5, 5.41) is 8.69. The zero-order valence-corrected chi connectivity index (χ0v) is 11.9. The number of carboxylic acid groups (broad SMARTS) is 1. The van der Waals surface area contributed by atoms with E-state index in [-0.39, 0.29) is 30.9 Å². The van der Waals surface area contributed by atoms with Crippen molar-refractivity contribution < 1.29 is 19.4 Å². The van der Waals surface area contributed by atoms with Crippen LogP contribution in [0.4, 0.5) is 0 Å². The van der Waals surface area contributed by atoms with Crippen LogP contribution in [-0.4, -0.2) is 58.7 Å². The number of ether oxygens (including phenoxy) is 1. The van der Waals surface area contributed by atoms with Crippen molar-refractivity contribution in [3.63, 3.8) is 0 Å². The summed E-state index contributed by atoms with van der Waals surface area (Å²) in [6.45, 7) is 1.41. The van der Waals surface area contributed by atoms with Gasteiger partial charge in [0.15, 0.2) is 0 Å². The fraction of sp³-hybridized carbons (Fsp3) is 0.846. The van der Waals surface area contributed by atoms with Crippen LogP contribution < -0.4 is 0 Å². The fourth-order valence-corrected chi connectivity index (χ4v) is 3.81. The molecule has 2 unspecified atom stereocenters. The Kier molecular flexibility index (Phi) is 5.51. The van der Waals surface area contributed by atoms with E-state index in [0.29, 0.717) is 6.54 Å². The number of rotatable bonds is 6. The normalized spacial score (nSPS) is 26.5. The SMILES string of the molecule is O=C(O)CCC(=O)N(CC1CCCO1)C1CCSC1. The monoisotopic (exact) mass is 287 g/mol. The molecule has 0 bridgehead atoms. The molecule has 2 heterocycles. The van der Waals surface area contributed by atoms with E-state index in [1.807, 2.05) is 16.7 Å². The molecule has 5 nitrogen and oxygen atoms in total. The van der Waals surface area contributed by atoms with Crippen LogP contribution in [0.15, 0.2) is 0 Å². The summed E-state index contributed by atoms with van der Waals surface area (Å²) in [5.41, 5.74) is 0. The van der Waals surface area contributed by atoms with Crippen LogP contribution in [0.3, 0.4) is 0 Å². The quantitative estimate of drug-likeness (QED) is 0.799. The molecular formula is C13H21NO4S. The first-order chi connectivity index (χ1) is 9.16. The molecule has 2 saturated heterocycles.